The van der Waals surface area contributed by atoms with Crippen LogP contribution >= 0.6 is 23.2 Å². The monoisotopic (exact) mass is 622 g/mol. The first-order valence-corrected chi connectivity index (χ1v) is 15.2. The van der Waals surface area contributed by atoms with Crippen molar-refractivity contribution >= 4 is 23.2 Å². The molecule has 1 aromatic heterocycles. The first kappa shape index (κ1) is 31.3. The van der Waals surface area contributed by atoms with Crippen molar-refractivity contribution in [3.63, 3.8) is 0 Å². The number of rotatable bonds is 14. The summed E-state index contributed by atoms with van der Waals surface area (Å²) in [6.07, 6.45) is -0.113. The minimum atomic E-state index is -0.405. The second kappa shape index (κ2) is 16.1. The van der Waals surface area contributed by atoms with Crippen LogP contribution < -0.4 is 4.74 Å². The first-order chi connectivity index (χ1) is 21.1. The lowest BCUT2D eigenvalue weighted by atomic mass is 9.93. The highest BCUT2D eigenvalue weighted by atomic mass is 35.5. The number of hydrogen-bond donors (Lipinski definition) is 0. The zero-order chi connectivity index (χ0) is 29.9. The van der Waals surface area contributed by atoms with E-state index in [9.17, 15) is 0 Å². The highest BCUT2D eigenvalue weighted by Crippen LogP contribution is 2.29. The lowest BCUT2D eigenvalue weighted by Gasteiger charge is -2.48. The van der Waals surface area contributed by atoms with Gasteiger partial charge in [-0.25, -0.2) is 0 Å². The molecule has 226 valence electrons. The van der Waals surface area contributed by atoms with E-state index >= 15 is 0 Å². The van der Waals surface area contributed by atoms with E-state index < -0.39 is 6.10 Å². The molecule has 1 saturated heterocycles. The van der Waals surface area contributed by atoms with E-state index in [0.717, 1.165) is 29.7 Å². The quantitative estimate of drug-likeness (QED) is 0.160. The van der Waals surface area contributed by atoms with Crippen LogP contribution in [0.25, 0.3) is 0 Å². The molecule has 10 heteroatoms. The molecular formula is C33H36Cl2N4O4. The third-order valence-corrected chi connectivity index (χ3v) is 7.62. The summed E-state index contributed by atoms with van der Waals surface area (Å²) in [5.41, 5.74) is 3.24. The second-order valence-corrected chi connectivity index (χ2v) is 11.1. The topological polar surface area (TPSA) is 78.8 Å². The van der Waals surface area contributed by atoms with Gasteiger partial charge in [0.1, 0.15) is 18.8 Å². The summed E-state index contributed by atoms with van der Waals surface area (Å²) in [7, 11) is 0. The maximum atomic E-state index is 6.75. The molecule has 3 aromatic carbocycles. The summed E-state index contributed by atoms with van der Waals surface area (Å²) in [4.78, 5) is 14.4. The number of piperidine rings is 1. The van der Waals surface area contributed by atoms with Gasteiger partial charge in [-0.15, -0.1) is 0 Å². The molecule has 4 aromatic rings. The summed E-state index contributed by atoms with van der Waals surface area (Å²) >= 11 is 12.0. The van der Waals surface area contributed by atoms with Crippen molar-refractivity contribution in [2.24, 2.45) is 0 Å². The SMILES string of the molecule is CCCN1C[C@H](OCc2ccccc2)[C@H](OCc2ccccc2)[C@H](OCc2ccccc2)[C@H]1COc1nc(Cl)nc(Cl)n1. The van der Waals surface area contributed by atoms with Crippen molar-refractivity contribution < 1.29 is 18.9 Å². The van der Waals surface area contributed by atoms with Gasteiger partial charge in [0, 0.05) is 6.54 Å². The fourth-order valence-corrected chi connectivity index (χ4v) is 5.60. The van der Waals surface area contributed by atoms with Crippen molar-refractivity contribution in [2.75, 3.05) is 19.7 Å². The molecular weight excluding hydrogens is 587 g/mol. The first-order valence-electron chi connectivity index (χ1n) is 14.5. The van der Waals surface area contributed by atoms with E-state index in [4.69, 9.17) is 42.1 Å². The van der Waals surface area contributed by atoms with E-state index in [-0.39, 0.29) is 41.4 Å². The van der Waals surface area contributed by atoms with Gasteiger partial charge in [-0.3, -0.25) is 4.90 Å². The molecule has 0 aliphatic carbocycles. The van der Waals surface area contributed by atoms with Gasteiger partial charge in [0.25, 0.3) is 0 Å². The molecule has 1 fully saturated rings. The van der Waals surface area contributed by atoms with E-state index in [1.165, 1.54) is 0 Å². The normalized spacial score (nSPS) is 20.6. The Morgan fingerprint density at radius 1 is 0.674 bits per heavy atom. The van der Waals surface area contributed by atoms with Crippen LogP contribution in [-0.4, -0.2) is 63.9 Å². The summed E-state index contributed by atoms with van der Waals surface area (Å²) in [6, 6.07) is 30.3. The molecule has 0 unspecified atom stereocenters. The molecule has 1 aliphatic rings. The average Bonchev–Trinajstić information content (AvgIpc) is 3.02. The average molecular weight is 624 g/mol. The highest BCUT2D eigenvalue weighted by Gasteiger charge is 2.46. The van der Waals surface area contributed by atoms with Gasteiger partial charge in [0.05, 0.1) is 32.0 Å². The van der Waals surface area contributed by atoms with Crippen LogP contribution in [0.15, 0.2) is 91.0 Å². The predicted octanol–water partition coefficient (Wildman–Crippen LogP) is 6.41. The number of aromatic nitrogens is 3. The van der Waals surface area contributed by atoms with Crippen LogP contribution in [0.5, 0.6) is 6.01 Å². The number of hydrogen-bond acceptors (Lipinski definition) is 8. The fraction of sp³-hybridized carbons (Fsp3) is 0.364. The molecule has 0 N–H and O–H groups in total. The number of nitrogens with zero attached hydrogens (tertiary/aromatic N) is 4. The minimum Gasteiger partial charge on any atom is -0.462 e. The Balaban J connectivity index is 1.44. The van der Waals surface area contributed by atoms with Gasteiger partial charge in [-0.2, -0.15) is 15.0 Å². The van der Waals surface area contributed by atoms with E-state index in [2.05, 4.69) is 63.2 Å². The molecule has 5 rings (SSSR count). The highest BCUT2D eigenvalue weighted by molar-refractivity contribution is 6.31. The summed E-state index contributed by atoms with van der Waals surface area (Å²) in [6.45, 7) is 5.12. The summed E-state index contributed by atoms with van der Waals surface area (Å²) < 4.78 is 26.2. The van der Waals surface area contributed by atoms with Gasteiger partial charge in [0.15, 0.2) is 0 Å². The van der Waals surface area contributed by atoms with E-state index in [0.29, 0.717) is 26.4 Å². The largest absolute Gasteiger partial charge is 0.462 e. The van der Waals surface area contributed by atoms with Crippen molar-refractivity contribution in [1.82, 2.24) is 19.9 Å². The van der Waals surface area contributed by atoms with E-state index in [1.807, 2.05) is 54.6 Å². The second-order valence-electron chi connectivity index (χ2n) is 10.4. The van der Waals surface area contributed by atoms with Crippen LogP contribution in [0.3, 0.4) is 0 Å². The Labute approximate surface area is 262 Å². The lowest BCUT2D eigenvalue weighted by Crippen LogP contribution is -2.65. The number of benzene rings is 3. The van der Waals surface area contributed by atoms with Gasteiger partial charge < -0.3 is 18.9 Å². The van der Waals surface area contributed by atoms with Crippen molar-refractivity contribution in [3.05, 3.63) is 118 Å². The molecule has 4 atom stereocenters. The zero-order valence-corrected chi connectivity index (χ0v) is 25.6. The molecule has 0 radical (unpaired) electrons. The van der Waals surface area contributed by atoms with Gasteiger partial charge in [-0.1, -0.05) is 97.9 Å². The van der Waals surface area contributed by atoms with Gasteiger partial charge in [-0.05, 0) is 52.9 Å². The van der Waals surface area contributed by atoms with Crippen LogP contribution in [-0.2, 0) is 34.0 Å². The lowest BCUT2D eigenvalue weighted by molar-refractivity contribution is -0.207. The number of halogens is 2. The Bertz CT molecular complexity index is 1370. The van der Waals surface area contributed by atoms with E-state index in [1.54, 1.807) is 0 Å². The van der Waals surface area contributed by atoms with Crippen LogP contribution in [0.2, 0.25) is 10.6 Å². The third-order valence-electron chi connectivity index (χ3n) is 7.28. The van der Waals surface area contributed by atoms with Crippen LogP contribution in [0, 0.1) is 0 Å². The van der Waals surface area contributed by atoms with Crippen LogP contribution in [0.1, 0.15) is 30.0 Å². The van der Waals surface area contributed by atoms with Crippen molar-refractivity contribution in [1.29, 1.82) is 0 Å². The number of likely N-dealkylation sites (tertiary alicyclic amines) is 1. The minimum absolute atomic E-state index is 0.0283. The molecule has 0 saturated carbocycles. The smallest absolute Gasteiger partial charge is 0.322 e. The van der Waals surface area contributed by atoms with Gasteiger partial charge >= 0.3 is 6.01 Å². The van der Waals surface area contributed by atoms with Crippen molar-refractivity contribution in [2.45, 2.75) is 57.5 Å². The summed E-state index contributed by atoms with van der Waals surface area (Å²) in [5.74, 6) is 0. The Kier molecular flexibility index (Phi) is 11.7. The molecule has 8 nitrogen and oxygen atoms in total. The Hall–Kier alpha value is -3.11. The zero-order valence-electron chi connectivity index (χ0n) is 24.1. The van der Waals surface area contributed by atoms with Gasteiger partial charge in [0.2, 0.25) is 10.6 Å². The van der Waals surface area contributed by atoms with Crippen LogP contribution in [0.4, 0.5) is 0 Å². The fourth-order valence-electron chi connectivity index (χ4n) is 5.25. The maximum absolute atomic E-state index is 6.75. The standard InChI is InChI=1S/C33H36Cl2N4O4/c1-2-18-39-19-28(40-20-24-12-6-3-7-13-24)30(42-22-26-16-10-5-11-17-26)29(41-21-25-14-8-4-9-15-25)27(39)23-43-33-37-31(34)36-32(35)38-33/h3-17,27-30H,2,18-23H2,1H3/t27-,28+,29-,30+/m1/s1. The Morgan fingerprint density at radius 3 is 1.67 bits per heavy atom. The Morgan fingerprint density at radius 2 is 1.16 bits per heavy atom. The summed E-state index contributed by atoms with van der Waals surface area (Å²) in [5, 5.41) is -0.0567. The molecule has 43 heavy (non-hydrogen) atoms. The molecule has 0 spiro atoms. The molecule has 2 heterocycles. The predicted molar refractivity (Wildman–Crippen MR) is 166 cm³/mol. The maximum Gasteiger partial charge on any atom is 0.322 e. The molecule has 0 bridgehead atoms. The third kappa shape index (κ3) is 9.19. The van der Waals surface area contributed by atoms with Crippen molar-refractivity contribution in [3.8, 4) is 6.01 Å². The number of ether oxygens (including phenoxy) is 4. The molecule has 1 aliphatic heterocycles. The molecule has 0 amide bonds.